The van der Waals surface area contributed by atoms with E-state index < -0.39 is 0 Å². The fourth-order valence-electron chi connectivity index (χ4n) is 3.80. The lowest BCUT2D eigenvalue weighted by molar-refractivity contribution is 0.356. The molecule has 1 aliphatic heterocycles. The van der Waals surface area contributed by atoms with Gasteiger partial charge in [-0.3, -0.25) is 9.36 Å². The zero-order chi connectivity index (χ0) is 20.7. The van der Waals surface area contributed by atoms with E-state index in [1.165, 1.54) is 0 Å². The Kier molecular flexibility index (Phi) is 4.38. The smallest absolute Gasteiger partial charge is 0.264 e. The number of nitrogens with zero attached hydrogens (tertiary/aromatic N) is 3. The quantitative estimate of drug-likeness (QED) is 0.529. The summed E-state index contributed by atoms with van der Waals surface area (Å²) in [5.74, 6) is 6.97. The summed E-state index contributed by atoms with van der Waals surface area (Å²) in [6.07, 6.45) is 1.70. The van der Waals surface area contributed by atoms with E-state index >= 15 is 0 Å². The highest BCUT2D eigenvalue weighted by atomic mass is 16.5. The third-order valence-electron chi connectivity index (χ3n) is 5.22. The molecule has 0 fully saturated rings. The van der Waals surface area contributed by atoms with Gasteiger partial charge >= 0.3 is 0 Å². The highest BCUT2D eigenvalue weighted by Gasteiger charge is 2.17. The molecule has 0 radical (unpaired) electrons. The number of nitrogens with two attached hydrogens (primary N) is 1. The molecule has 0 aliphatic carbocycles. The van der Waals surface area contributed by atoms with Crippen LogP contribution < -0.4 is 16.0 Å². The van der Waals surface area contributed by atoms with E-state index in [0.717, 1.165) is 28.9 Å². The highest BCUT2D eigenvalue weighted by Crippen LogP contribution is 2.24. The van der Waals surface area contributed by atoms with E-state index in [4.69, 9.17) is 10.5 Å². The van der Waals surface area contributed by atoms with Crippen molar-refractivity contribution in [1.29, 1.82) is 0 Å². The summed E-state index contributed by atoms with van der Waals surface area (Å²) in [6, 6.07) is 16.9. The number of fused-ring (bicyclic) bond motifs is 2. The molecule has 2 aromatic carbocycles. The number of ether oxygens (including phenoxy) is 1. The predicted octanol–water partition coefficient (Wildman–Crippen LogP) is 3.00. The van der Waals surface area contributed by atoms with Crippen LogP contribution in [0.3, 0.4) is 0 Å². The molecule has 0 spiro atoms. The lowest BCUT2D eigenvalue weighted by Gasteiger charge is -2.17. The number of para-hydroxylation sites is 1. The van der Waals surface area contributed by atoms with E-state index in [1.807, 2.05) is 61.5 Å². The first-order valence-electron chi connectivity index (χ1n) is 9.84. The van der Waals surface area contributed by atoms with Crippen LogP contribution in [0.15, 0.2) is 65.6 Å². The summed E-state index contributed by atoms with van der Waals surface area (Å²) < 4.78 is 9.08. The Morgan fingerprint density at radius 3 is 2.70 bits per heavy atom. The molecule has 4 aromatic rings. The molecule has 3 heterocycles. The topological polar surface area (TPSA) is 75.1 Å². The van der Waals surface area contributed by atoms with Crippen molar-refractivity contribution in [2.45, 2.75) is 19.5 Å². The number of pyridine rings is 1. The van der Waals surface area contributed by atoms with Crippen LogP contribution in [0.25, 0.3) is 16.5 Å². The first-order valence-corrected chi connectivity index (χ1v) is 9.84. The Morgan fingerprint density at radius 1 is 1.10 bits per heavy atom. The largest absolute Gasteiger partial charge is 0.475 e. The maximum absolute atomic E-state index is 13.6. The monoisotopic (exact) mass is 396 g/mol. The van der Waals surface area contributed by atoms with Gasteiger partial charge in [-0.25, -0.2) is 4.68 Å². The molecule has 5 rings (SSSR count). The molecule has 6 nitrogen and oxygen atoms in total. The first kappa shape index (κ1) is 18.2. The maximum Gasteiger partial charge on any atom is 0.264 e. The standard InChI is InChI=1S/C24H20N4O2/c1-16(25)21-14-18-7-5-6-17(10-11-19-15-26-27-12-13-30-24(19)27)22(18)23(29)28(21)20-8-3-2-4-9-20/h2-9,14-16H,12-13,25H2,1H3. The first-order chi connectivity index (χ1) is 14.6. The van der Waals surface area contributed by atoms with Gasteiger partial charge in [0.1, 0.15) is 12.2 Å². The summed E-state index contributed by atoms with van der Waals surface area (Å²) >= 11 is 0. The second-order valence-corrected chi connectivity index (χ2v) is 7.29. The lowest BCUT2D eigenvalue weighted by Crippen LogP contribution is -2.26. The fourth-order valence-corrected chi connectivity index (χ4v) is 3.80. The SMILES string of the molecule is CC(N)c1cc2cccc(C#Cc3cnn4c3OCC4)c2c(=O)n1-c1ccccc1. The van der Waals surface area contributed by atoms with Gasteiger partial charge in [0.05, 0.1) is 18.1 Å². The molecule has 2 aromatic heterocycles. The summed E-state index contributed by atoms with van der Waals surface area (Å²) in [7, 11) is 0. The molecule has 0 saturated heterocycles. The van der Waals surface area contributed by atoms with Gasteiger partial charge in [0.2, 0.25) is 5.88 Å². The van der Waals surface area contributed by atoms with Gasteiger partial charge in [-0.1, -0.05) is 42.2 Å². The normalized spacial score (nSPS) is 13.4. The van der Waals surface area contributed by atoms with E-state index in [-0.39, 0.29) is 11.6 Å². The Hall–Kier alpha value is -3.82. The van der Waals surface area contributed by atoms with Crippen molar-refractivity contribution in [1.82, 2.24) is 14.3 Å². The van der Waals surface area contributed by atoms with Crippen molar-refractivity contribution < 1.29 is 4.74 Å². The van der Waals surface area contributed by atoms with Crippen molar-refractivity contribution in [2.75, 3.05) is 6.61 Å². The molecular formula is C24H20N4O2. The second kappa shape index (κ2) is 7.21. The zero-order valence-corrected chi connectivity index (χ0v) is 16.5. The van der Waals surface area contributed by atoms with Crippen LogP contribution in [0.5, 0.6) is 5.88 Å². The molecule has 1 aliphatic rings. The predicted molar refractivity (Wildman–Crippen MR) is 116 cm³/mol. The van der Waals surface area contributed by atoms with Gasteiger partial charge in [0.25, 0.3) is 5.56 Å². The molecule has 2 N–H and O–H groups in total. The third-order valence-corrected chi connectivity index (χ3v) is 5.22. The molecule has 6 heteroatoms. The van der Waals surface area contributed by atoms with Crippen LogP contribution >= 0.6 is 0 Å². The Morgan fingerprint density at radius 2 is 1.90 bits per heavy atom. The number of hydrogen-bond acceptors (Lipinski definition) is 4. The Bertz CT molecular complexity index is 1370. The summed E-state index contributed by atoms with van der Waals surface area (Å²) in [5, 5.41) is 5.68. The summed E-state index contributed by atoms with van der Waals surface area (Å²) in [6.45, 7) is 3.21. The van der Waals surface area contributed by atoms with Crippen molar-refractivity contribution in [3.8, 4) is 23.4 Å². The van der Waals surface area contributed by atoms with Crippen LogP contribution in [0.4, 0.5) is 0 Å². The summed E-state index contributed by atoms with van der Waals surface area (Å²) in [4.78, 5) is 13.6. The maximum atomic E-state index is 13.6. The lowest BCUT2D eigenvalue weighted by atomic mass is 10.0. The van der Waals surface area contributed by atoms with E-state index in [0.29, 0.717) is 23.4 Å². The number of rotatable bonds is 2. The van der Waals surface area contributed by atoms with Gasteiger partial charge in [-0.2, -0.15) is 5.10 Å². The van der Waals surface area contributed by atoms with Gasteiger partial charge in [0.15, 0.2) is 0 Å². The minimum absolute atomic E-state index is 0.132. The molecule has 1 unspecified atom stereocenters. The third kappa shape index (κ3) is 2.97. The van der Waals surface area contributed by atoms with E-state index in [2.05, 4.69) is 16.9 Å². The molecule has 148 valence electrons. The average molecular weight is 396 g/mol. The van der Waals surface area contributed by atoms with Gasteiger partial charge < -0.3 is 10.5 Å². The molecule has 1 atom stereocenters. The van der Waals surface area contributed by atoms with Crippen LogP contribution in [0.2, 0.25) is 0 Å². The van der Waals surface area contributed by atoms with Crippen molar-refractivity contribution >= 4 is 10.8 Å². The number of benzene rings is 2. The van der Waals surface area contributed by atoms with Gasteiger partial charge in [-0.05, 0) is 36.6 Å². The van der Waals surface area contributed by atoms with E-state index in [9.17, 15) is 4.79 Å². The van der Waals surface area contributed by atoms with Gasteiger partial charge in [0, 0.05) is 23.0 Å². The van der Waals surface area contributed by atoms with Crippen LogP contribution in [-0.4, -0.2) is 21.0 Å². The van der Waals surface area contributed by atoms with Gasteiger partial charge in [-0.15, -0.1) is 0 Å². The highest BCUT2D eigenvalue weighted by molar-refractivity contribution is 5.88. The van der Waals surface area contributed by atoms with Crippen molar-refractivity contribution in [2.24, 2.45) is 5.73 Å². The number of hydrogen-bond donors (Lipinski definition) is 1. The van der Waals surface area contributed by atoms with Crippen molar-refractivity contribution in [3.05, 3.63) is 88.0 Å². The summed E-state index contributed by atoms with van der Waals surface area (Å²) in [5.41, 5.74) is 9.00. The molecule has 0 saturated carbocycles. The number of aromatic nitrogens is 3. The van der Waals surface area contributed by atoms with E-state index in [1.54, 1.807) is 15.4 Å². The second-order valence-electron chi connectivity index (χ2n) is 7.29. The average Bonchev–Trinajstić information content (AvgIpc) is 3.37. The minimum Gasteiger partial charge on any atom is -0.475 e. The van der Waals surface area contributed by atoms with Crippen LogP contribution in [0, 0.1) is 11.8 Å². The molecule has 0 amide bonds. The Labute approximate surface area is 173 Å². The van der Waals surface area contributed by atoms with Crippen LogP contribution in [0.1, 0.15) is 29.8 Å². The minimum atomic E-state index is -0.302. The Balaban J connectivity index is 1.74. The molecular weight excluding hydrogens is 376 g/mol. The fraction of sp³-hybridized carbons (Fsp3) is 0.167. The van der Waals surface area contributed by atoms with Crippen LogP contribution in [-0.2, 0) is 6.54 Å². The molecule has 30 heavy (non-hydrogen) atoms. The van der Waals surface area contributed by atoms with Crippen molar-refractivity contribution in [3.63, 3.8) is 0 Å². The zero-order valence-electron chi connectivity index (χ0n) is 16.5. The molecule has 0 bridgehead atoms.